The van der Waals surface area contributed by atoms with Crippen molar-refractivity contribution in [3.63, 3.8) is 0 Å². The standard InChI is InChI=1S/C16H27N3O2/c1-5-19-7-6-12(11-19)10-17-13-8-14(9-13)18-15(20)21-16(2,3)4/h6-7,11,13-14,17H,5,8-10H2,1-4H3,(H,18,20). The molecule has 1 aliphatic rings. The minimum Gasteiger partial charge on any atom is -0.444 e. The highest BCUT2D eigenvalue weighted by atomic mass is 16.6. The zero-order chi connectivity index (χ0) is 15.5. The van der Waals surface area contributed by atoms with Crippen LogP contribution in [-0.2, 0) is 17.8 Å². The van der Waals surface area contributed by atoms with E-state index in [1.165, 1.54) is 5.56 Å². The van der Waals surface area contributed by atoms with Crippen LogP contribution in [0.5, 0.6) is 0 Å². The van der Waals surface area contributed by atoms with Crippen LogP contribution in [0.3, 0.4) is 0 Å². The Balaban J connectivity index is 1.62. The van der Waals surface area contributed by atoms with Gasteiger partial charge in [0.1, 0.15) is 5.60 Å². The quantitative estimate of drug-likeness (QED) is 0.877. The molecule has 1 aromatic heterocycles. The van der Waals surface area contributed by atoms with E-state index in [1.54, 1.807) is 0 Å². The molecule has 2 rings (SSSR count). The normalized spacial score (nSPS) is 21.7. The van der Waals surface area contributed by atoms with Gasteiger partial charge in [0.25, 0.3) is 0 Å². The molecule has 1 heterocycles. The molecule has 118 valence electrons. The van der Waals surface area contributed by atoms with Crippen molar-refractivity contribution >= 4 is 6.09 Å². The van der Waals surface area contributed by atoms with Crippen molar-refractivity contribution in [1.82, 2.24) is 15.2 Å². The fourth-order valence-corrected chi connectivity index (χ4v) is 2.43. The molecule has 2 N–H and O–H groups in total. The Labute approximate surface area is 127 Å². The lowest BCUT2D eigenvalue weighted by Gasteiger charge is -2.36. The number of nitrogens with one attached hydrogen (secondary N) is 2. The van der Waals surface area contributed by atoms with Gasteiger partial charge in [0.15, 0.2) is 0 Å². The van der Waals surface area contributed by atoms with E-state index in [-0.39, 0.29) is 12.1 Å². The maximum absolute atomic E-state index is 11.6. The van der Waals surface area contributed by atoms with Gasteiger partial charge in [-0.1, -0.05) is 0 Å². The first-order valence-corrected chi connectivity index (χ1v) is 7.73. The Kier molecular flexibility index (Phi) is 4.93. The predicted octanol–water partition coefficient (Wildman–Crippen LogP) is 2.65. The zero-order valence-corrected chi connectivity index (χ0v) is 13.5. The van der Waals surface area contributed by atoms with Crippen molar-refractivity contribution in [1.29, 1.82) is 0 Å². The molecule has 1 fully saturated rings. The Morgan fingerprint density at radius 3 is 2.67 bits per heavy atom. The second-order valence-electron chi connectivity index (χ2n) is 6.74. The average Bonchev–Trinajstić information content (AvgIpc) is 2.77. The van der Waals surface area contributed by atoms with Crippen LogP contribution in [0.15, 0.2) is 18.5 Å². The molecular weight excluding hydrogens is 266 g/mol. The van der Waals surface area contributed by atoms with Gasteiger partial charge in [-0.15, -0.1) is 0 Å². The summed E-state index contributed by atoms with van der Waals surface area (Å²) in [5.41, 5.74) is 0.873. The highest BCUT2D eigenvalue weighted by molar-refractivity contribution is 5.68. The lowest BCUT2D eigenvalue weighted by molar-refractivity contribution is 0.0465. The molecule has 0 radical (unpaired) electrons. The molecule has 5 nitrogen and oxygen atoms in total. The first-order valence-electron chi connectivity index (χ1n) is 7.73. The molecule has 21 heavy (non-hydrogen) atoms. The smallest absolute Gasteiger partial charge is 0.407 e. The number of nitrogens with zero attached hydrogens (tertiary/aromatic N) is 1. The van der Waals surface area contributed by atoms with Crippen molar-refractivity contribution in [3.05, 3.63) is 24.0 Å². The molecule has 0 saturated heterocycles. The maximum Gasteiger partial charge on any atom is 0.407 e. The number of aryl methyl sites for hydroxylation is 1. The fourth-order valence-electron chi connectivity index (χ4n) is 2.43. The average molecular weight is 293 g/mol. The summed E-state index contributed by atoms with van der Waals surface area (Å²) in [4.78, 5) is 11.6. The van der Waals surface area contributed by atoms with Crippen LogP contribution >= 0.6 is 0 Å². The lowest BCUT2D eigenvalue weighted by Crippen LogP contribution is -2.52. The van der Waals surface area contributed by atoms with Gasteiger partial charge in [0.05, 0.1) is 0 Å². The number of alkyl carbamates (subject to hydrolysis) is 1. The summed E-state index contributed by atoms with van der Waals surface area (Å²) in [7, 11) is 0. The van der Waals surface area contributed by atoms with Crippen LogP contribution in [0.25, 0.3) is 0 Å². The number of carbonyl (C=O) groups is 1. The van der Waals surface area contributed by atoms with Crippen LogP contribution in [0, 0.1) is 0 Å². The third-order valence-corrected chi connectivity index (χ3v) is 3.63. The number of amides is 1. The first-order chi connectivity index (χ1) is 9.85. The molecule has 0 bridgehead atoms. The van der Waals surface area contributed by atoms with Gasteiger partial charge >= 0.3 is 6.09 Å². The number of aromatic nitrogens is 1. The van der Waals surface area contributed by atoms with Crippen molar-refractivity contribution < 1.29 is 9.53 Å². The van der Waals surface area contributed by atoms with E-state index in [4.69, 9.17) is 4.74 Å². The van der Waals surface area contributed by atoms with Gasteiger partial charge in [0.2, 0.25) is 0 Å². The Hall–Kier alpha value is -1.49. The Bertz CT molecular complexity index is 470. The molecule has 5 heteroatoms. The summed E-state index contributed by atoms with van der Waals surface area (Å²) in [6.45, 7) is 9.65. The van der Waals surface area contributed by atoms with E-state index < -0.39 is 5.60 Å². The number of carbonyl (C=O) groups excluding carboxylic acids is 1. The van der Waals surface area contributed by atoms with Gasteiger partial charge in [-0.3, -0.25) is 0 Å². The molecule has 0 aliphatic heterocycles. The maximum atomic E-state index is 11.6. The molecule has 0 unspecified atom stereocenters. The van der Waals surface area contributed by atoms with E-state index in [9.17, 15) is 4.79 Å². The van der Waals surface area contributed by atoms with Crippen molar-refractivity contribution in [3.8, 4) is 0 Å². The topological polar surface area (TPSA) is 55.3 Å². The molecule has 1 aromatic rings. The number of ether oxygens (including phenoxy) is 1. The van der Waals surface area contributed by atoms with E-state index in [2.05, 4.69) is 40.6 Å². The molecule has 1 saturated carbocycles. The minimum atomic E-state index is -0.433. The molecule has 0 atom stereocenters. The third kappa shape index (κ3) is 5.08. The second kappa shape index (κ2) is 6.52. The van der Waals surface area contributed by atoms with Crippen LogP contribution in [0.1, 0.15) is 46.1 Å². The highest BCUT2D eigenvalue weighted by Crippen LogP contribution is 2.21. The first kappa shape index (κ1) is 15.9. The van der Waals surface area contributed by atoms with Gasteiger partial charge in [-0.05, 0) is 52.2 Å². The molecule has 0 spiro atoms. The summed E-state index contributed by atoms with van der Waals surface area (Å²) in [5, 5.41) is 6.43. The van der Waals surface area contributed by atoms with Gasteiger partial charge in [-0.2, -0.15) is 0 Å². The minimum absolute atomic E-state index is 0.234. The Morgan fingerprint density at radius 1 is 1.38 bits per heavy atom. The van der Waals surface area contributed by atoms with E-state index in [1.807, 2.05) is 20.8 Å². The highest BCUT2D eigenvalue weighted by Gasteiger charge is 2.31. The van der Waals surface area contributed by atoms with Gasteiger partial charge < -0.3 is 19.9 Å². The van der Waals surface area contributed by atoms with Crippen LogP contribution in [0.4, 0.5) is 4.79 Å². The summed E-state index contributed by atoms with van der Waals surface area (Å²) in [5.74, 6) is 0. The zero-order valence-electron chi connectivity index (χ0n) is 13.5. The van der Waals surface area contributed by atoms with E-state index >= 15 is 0 Å². The summed E-state index contributed by atoms with van der Waals surface area (Å²) >= 11 is 0. The Morgan fingerprint density at radius 2 is 2.10 bits per heavy atom. The van der Waals surface area contributed by atoms with Crippen molar-refractivity contribution in [2.75, 3.05) is 0 Å². The van der Waals surface area contributed by atoms with Gasteiger partial charge in [0, 0.05) is 37.6 Å². The fraction of sp³-hybridized carbons (Fsp3) is 0.688. The van der Waals surface area contributed by atoms with E-state index in [0.717, 1.165) is 25.9 Å². The summed E-state index contributed by atoms with van der Waals surface area (Å²) < 4.78 is 7.42. The lowest BCUT2D eigenvalue weighted by atomic mass is 9.87. The molecule has 0 aromatic carbocycles. The molecule has 1 aliphatic carbocycles. The van der Waals surface area contributed by atoms with E-state index in [0.29, 0.717) is 6.04 Å². The third-order valence-electron chi connectivity index (χ3n) is 3.63. The predicted molar refractivity (Wildman–Crippen MR) is 83.1 cm³/mol. The van der Waals surface area contributed by atoms with Crippen LogP contribution in [-0.4, -0.2) is 28.3 Å². The monoisotopic (exact) mass is 293 g/mol. The van der Waals surface area contributed by atoms with Crippen LogP contribution < -0.4 is 10.6 Å². The number of hydrogen-bond donors (Lipinski definition) is 2. The molecule has 1 amide bonds. The second-order valence-corrected chi connectivity index (χ2v) is 6.74. The largest absolute Gasteiger partial charge is 0.444 e. The van der Waals surface area contributed by atoms with Crippen molar-refractivity contribution in [2.24, 2.45) is 0 Å². The number of hydrogen-bond acceptors (Lipinski definition) is 3. The summed E-state index contributed by atoms with van der Waals surface area (Å²) in [6, 6.07) is 2.86. The SMILES string of the molecule is CCn1ccc(CNC2CC(NC(=O)OC(C)(C)C)C2)c1. The molecular formula is C16H27N3O2. The van der Waals surface area contributed by atoms with Crippen molar-refractivity contribution in [2.45, 2.75) is 71.3 Å². The van der Waals surface area contributed by atoms with Crippen LogP contribution in [0.2, 0.25) is 0 Å². The summed E-state index contributed by atoms with van der Waals surface area (Å²) in [6.07, 6.45) is 5.89. The number of rotatable bonds is 5. The van der Waals surface area contributed by atoms with Gasteiger partial charge in [-0.25, -0.2) is 4.79 Å².